The average Bonchev–Trinajstić information content (AvgIpc) is 3.98. The number of H-pyrrole nitrogens is 1. The van der Waals surface area contributed by atoms with Crippen LogP contribution in [0.25, 0.3) is 0 Å². The monoisotopic (exact) mass is 907 g/mol. The number of imidazole rings is 1. The number of hydrogen-bond acceptors (Lipinski definition) is 13. The first kappa shape index (κ1) is 51.4. The van der Waals surface area contributed by atoms with Gasteiger partial charge in [0.25, 0.3) is 0 Å². The van der Waals surface area contributed by atoms with Gasteiger partial charge in [0.2, 0.25) is 53.2 Å². The van der Waals surface area contributed by atoms with E-state index in [2.05, 4.69) is 52.5 Å². The van der Waals surface area contributed by atoms with Crippen molar-refractivity contribution in [2.45, 2.75) is 120 Å². The molecule has 1 unspecified atom stereocenters. The fourth-order valence-corrected chi connectivity index (χ4v) is 8.48. The van der Waals surface area contributed by atoms with Crippen molar-refractivity contribution in [2.24, 2.45) is 23.3 Å². The van der Waals surface area contributed by atoms with E-state index in [1.807, 2.05) is 11.8 Å². The van der Waals surface area contributed by atoms with Crippen molar-refractivity contribution in [2.75, 3.05) is 25.4 Å². The highest BCUT2D eigenvalue weighted by atomic mass is 32.2. The molecule has 24 nitrogen and oxygen atoms in total. The number of nitrogens with two attached hydrogens (primary N) is 2. The zero-order valence-electron chi connectivity index (χ0n) is 35.4. The quantitative estimate of drug-likeness (QED) is 0.0161. The summed E-state index contributed by atoms with van der Waals surface area (Å²) in [5.41, 5.74) is 12.6. The lowest BCUT2D eigenvalue weighted by atomic mass is 9.91. The van der Waals surface area contributed by atoms with Gasteiger partial charge in [0.1, 0.15) is 18.1 Å². The lowest BCUT2D eigenvalue weighted by molar-refractivity contribution is -0.138. The maximum Gasteiger partial charge on any atom is 0.315 e. The molecule has 1 aromatic heterocycles. The summed E-state index contributed by atoms with van der Waals surface area (Å²) >= 11 is 1.83. The van der Waals surface area contributed by atoms with Crippen molar-refractivity contribution in [3.8, 4) is 0 Å². The first-order valence-electron chi connectivity index (χ1n) is 20.8. The van der Waals surface area contributed by atoms with Crippen LogP contribution in [-0.4, -0.2) is 135 Å². The predicted octanol–water partition coefficient (Wildman–Crippen LogP) is -3.43. The van der Waals surface area contributed by atoms with E-state index in [-0.39, 0.29) is 49.7 Å². The number of primary amides is 2. The second-order valence-corrected chi connectivity index (χ2v) is 17.0. The van der Waals surface area contributed by atoms with E-state index in [4.69, 9.17) is 16.7 Å². The predicted molar refractivity (Wildman–Crippen MR) is 225 cm³/mol. The molecule has 2 aliphatic rings. The molecule has 2 aliphatic heterocycles. The van der Waals surface area contributed by atoms with Gasteiger partial charge in [0.15, 0.2) is 0 Å². The number of nitrogens with one attached hydrogen (secondary N) is 10. The number of amides is 11. The lowest BCUT2D eigenvalue weighted by Gasteiger charge is -2.25. The SMILES string of the molecule is CC(C)C(CC(=O)NO)C(=O)N[C@@H](CCC(N)=O)C(=O)N[C@@H](Cc1cnc[nH]1)C(=O)NCC(=O)NCC(=O)N[C@@H](CCCCNC(=O)CCCC[C@@H]1SC[C@@H]2NC(=O)N[C@@H]21)C(N)=O. The number of fused-ring (bicyclic) bond motifs is 1. The Labute approximate surface area is 368 Å². The standard InChI is InChI=1S/C38H61N13O11S/c1-20(2)22(14-30(54)51-62)35(58)47-24(10-11-28(39)52)37(60)48-25(13-21-15-41-19-45-21)36(59)44-16-31(55)43-17-32(56)46-23(34(40)57)7-5-6-12-42-29(53)9-4-3-8-27-33-26(18-63-27)49-38(61)50-33/h15,19-20,22-27,33,62H,3-14,16-18H2,1-2H3,(H2,39,52)(H2,40,57)(H,41,45)(H,42,53)(H,43,55)(H,44,59)(H,46,56)(H,47,58)(H,48,60)(H,51,54)(H2,49,50,61)/t22?,23-,24-,25-,26-,27-,33-/m0/s1. The molecule has 1 aromatic rings. The van der Waals surface area contributed by atoms with Crippen LogP contribution in [0.4, 0.5) is 4.79 Å². The summed E-state index contributed by atoms with van der Waals surface area (Å²) < 4.78 is 0. The van der Waals surface area contributed by atoms with Crippen LogP contribution in [0, 0.1) is 11.8 Å². The van der Waals surface area contributed by atoms with E-state index >= 15 is 0 Å². The van der Waals surface area contributed by atoms with Crippen molar-refractivity contribution in [1.82, 2.24) is 58.0 Å². The molecule has 7 atom stereocenters. The van der Waals surface area contributed by atoms with Crippen molar-refractivity contribution in [1.29, 1.82) is 0 Å². The Balaban J connectivity index is 1.41. The zero-order valence-corrected chi connectivity index (χ0v) is 36.2. The molecule has 350 valence electrons. The van der Waals surface area contributed by atoms with E-state index in [9.17, 15) is 47.9 Å². The van der Waals surface area contributed by atoms with E-state index < -0.39 is 96.7 Å². The van der Waals surface area contributed by atoms with Crippen LogP contribution in [0.2, 0.25) is 0 Å². The number of nitrogens with zero attached hydrogens (tertiary/aromatic N) is 1. The van der Waals surface area contributed by atoms with E-state index in [1.165, 1.54) is 18.0 Å². The molecule has 0 aliphatic carbocycles. The van der Waals surface area contributed by atoms with Gasteiger partial charge in [0.05, 0.1) is 31.5 Å². The highest BCUT2D eigenvalue weighted by molar-refractivity contribution is 8.00. The molecule has 3 heterocycles. The molecule has 0 spiro atoms. The average molecular weight is 908 g/mol. The summed E-state index contributed by atoms with van der Waals surface area (Å²) in [6.07, 6.45) is 5.60. The van der Waals surface area contributed by atoms with Crippen molar-refractivity contribution >= 4 is 71.0 Å². The number of carbonyl (C=O) groups excluding carboxylic acids is 10. The molecule has 63 heavy (non-hydrogen) atoms. The number of aromatic amines is 1. The molecule has 11 amide bonds. The number of unbranched alkanes of at least 4 members (excludes halogenated alkanes) is 2. The molecule has 3 rings (SSSR count). The number of aromatic nitrogens is 2. The van der Waals surface area contributed by atoms with Gasteiger partial charge in [-0.05, 0) is 44.4 Å². The molecule has 0 saturated carbocycles. The third-order valence-corrected chi connectivity index (χ3v) is 12.0. The van der Waals surface area contributed by atoms with Crippen LogP contribution in [0.15, 0.2) is 12.5 Å². The van der Waals surface area contributed by atoms with Crippen LogP contribution in [0.1, 0.15) is 83.7 Å². The third kappa shape index (κ3) is 18.5. The molecule has 2 fully saturated rings. The van der Waals surface area contributed by atoms with Gasteiger partial charge in [0, 0.05) is 61.0 Å². The van der Waals surface area contributed by atoms with Crippen molar-refractivity contribution < 1.29 is 53.2 Å². The van der Waals surface area contributed by atoms with E-state index in [0.29, 0.717) is 43.2 Å². The minimum atomic E-state index is -1.38. The number of urea groups is 1. The van der Waals surface area contributed by atoms with Gasteiger partial charge in [-0.25, -0.2) is 15.3 Å². The maximum absolute atomic E-state index is 13.5. The summed E-state index contributed by atoms with van der Waals surface area (Å²) in [4.78, 5) is 131. The lowest BCUT2D eigenvalue weighted by Crippen LogP contribution is -2.56. The molecule has 25 heteroatoms. The second kappa shape index (κ2) is 26.5. The molecular formula is C38H61N13O11S. The number of hydrogen-bond donors (Lipinski definition) is 13. The van der Waals surface area contributed by atoms with Gasteiger partial charge in [-0.15, -0.1) is 0 Å². The Morgan fingerprint density at radius 2 is 1.52 bits per heavy atom. The number of thioether (sulfide) groups is 1. The Bertz CT molecular complexity index is 1770. The third-order valence-electron chi connectivity index (χ3n) is 10.5. The molecule has 2 saturated heterocycles. The van der Waals surface area contributed by atoms with E-state index in [1.54, 1.807) is 13.8 Å². The fourth-order valence-electron chi connectivity index (χ4n) is 6.94. The molecular weight excluding hydrogens is 847 g/mol. The Hall–Kier alpha value is -5.98. The topological polar surface area (TPSA) is 380 Å². The smallest absolute Gasteiger partial charge is 0.315 e. The minimum Gasteiger partial charge on any atom is -0.370 e. The summed E-state index contributed by atoms with van der Waals surface area (Å²) in [7, 11) is 0. The highest BCUT2D eigenvalue weighted by Crippen LogP contribution is 2.33. The van der Waals surface area contributed by atoms with Gasteiger partial charge < -0.3 is 59.0 Å². The van der Waals surface area contributed by atoms with Crippen LogP contribution < -0.4 is 59.5 Å². The van der Waals surface area contributed by atoms with Crippen LogP contribution in [0.3, 0.4) is 0 Å². The van der Waals surface area contributed by atoms with Gasteiger partial charge in [-0.2, -0.15) is 11.8 Å². The van der Waals surface area contributed by atoms with Gasteiger partial charge >= 0.3 is 6.03 Å². The number of carbonyl (C=O) groups is 10. The van der Waals surface area contributed by atoms with Gasteiger partial charge in [-0.1, -0.05) is 20.3 Å². The molecule has 0 aromatic carbocycles. The first-order chi connectivity index (χ1) is 30.0. The second-order valence-electron chi connectivity index (χ2n) is 15.7. The highest BCUT2D eigenvalue weighted by Gasteiger charge is 2.42. The minimum absolute atomic E-state index is 0.0936. The Morgan fingerprint density at radius 1 is 0.794 bits per heavy atom. The number of hydroxylamine groups is 1. The largest absolute Gasteiger partial charge is 0.370 e. The van der Waals surface area contributed by atoms with Crippen molar-refractivity contribution in [3.63, 3.8) is 0 Å². The first-order valence-corrected chi connectivity index (χ1v) is 21.9. The Kier molecular flexibility index (Phi) is 21.6. The normalized spacial score (nSPS) is 18.3. The summed E-state index contributed by atoms with van der Waals surface area (Å²) in [6, 6.07) is -3.61. The molecule has 0 bridgehead atoms. The zero-order chi connectivity index (χ0) is 46.5. The summed E-state index contributed by atoms with van der Waals surface area (Å²) in [6.45, 7) is 2.48. The van der Waals surface area contributed by atoms with Gasteiger partial charge in [-0.3, -0.25) is 48.4 Å². The Morgan fingerprint density at radius 3 is 2.19 bits per heavy atom. The number of rotatable bonds is 29. The van der Waals surface area contributed by atoms with Crippen molar-refractivity contribution in [3.05, 3.63) is 18.2 Å². The van der Waals surface area contributed by atoms with Crippen LogP contribution in [-0.2, 0) is 49.6 Å². The van der Waals surface area contributed by atoms with E-state index in [0.717, 1.165) is 18.6 Å². The molecule has 15 N–H and O–H groups in total. The summed E-state index contributed by atoms with van der Waals surface area (Å²) in [5, 5.41) is 30.2. The fraction of sp³-hybridized carbons (Fsp3) is 0.658. The van der Waals surface area contributed by atoms with Crippen LogP contribution >= 0.6 is 11.8 Å². The maximum atomic E-state index is 13.5. The summed E-state index contributed by atoms with van der Waals surface area (Å²) in [5.74, 6) is -6.95. The van der Waals surface area contributed by atoms with Crippen LogP contribution in [0.5, 0.6) is 0 Å². The molecule has 0 radical (unpaired) electrons.